The fraction of sp³-hybridized carbons (Fsp3) is 0.462. The van der Waals surface area contributed by atoms with Crippen LogP contribution in [0.25, 0.3) is 0 Å². The highest BCUT2D eigenvalue weighted by molar-refractivity contribution is 5.35. The number of benzene rings is 2. The smallest absolute Gasteiger partial charge is 0.370 e. The number of aromatic amines is 1. The molecule has 4 atom stereocenters. The Morgan fingerprint density at radius 3 is 2.16 bits per heavy atom. The van der Waals surface area contributed by atoms with Gasteiger partial charge in [-0.1, -0.05) is 19.1 Å². The minimum absolute atomic E-state index is 0.103. The number of ether oxygens (including phenoxy) is 1. The van der Waals surface area contributed by atoms with Crippen LogP contribution < -0.4 is 0 Å². The van der Waals surface area contributed by atoms with Crippen LogP contribution in [0.5, 0.6) is 0 Å². The highest BCUT2D eigenvalue weighted by Gasteiger charge is 2.42. The van der Waals surface area contributed by atoms with Crippen LogP contribution in [0.1, 0.15) is 66.8 Å². The van der Waals surface area contributed by atoms with E-state index in [1.807, 2.05) is 6.92 Å². The van der Waals surface area contributed by atoms with Crippen molar-refractivity contribution in [1.82, 2.24) is 20.1 Å². The van der Waals surface area contributed by atoms with Gasteiger partial charge in [0.1, 0.15) is 12.1 Å². The summed E-state index contributed by atoms with van der Waals surface area (Å²) in [6.45, 7) is 4.46. The number of alkyl halides is 6. The van der Waals surface area contributed by atoms with Crippen molar-refractivity contribution < 1.29 is 35.5 Å². The number of hydrogen-bond acceptors (Lipinski definition) is 4. The lowest BCUT2D eigenvalue weighted by molar-refractivity contribution is -0.143. The maximum atomic E-state index is 13.7. The van der Waals surface area contributed by atoms with Gasteiger partial charge in [0.25, 0.3) is 0 Å². The zero-order chi connectivity index (χ0) is 27.7. The molecule has 38 heavy (non-hydrogen) atoms. The largest absolute Gasteiger partial charge is 0.416 e. The minimum Gasteiger partial charge on any atom is -0.370 e. The zero-order valence-electron chi connectivity index (χ0n) is 20.7. The molecular formula is C26H27F7N4O. The molecule has 1 fully saturated rings. The van der Waals surface area contributed by atoms with Gasteiger partial charge in [-0.05, 0) is 67.8 Å². The van der Waals surface area contributed by atoms with Crippen molar-refractivity contribution in [2.24, 2.45) is 0 Å². The number of likely N-dealkylation sites (N-methyl/N-ethyl adjacent to an activating group) is 1. The van der Waals surface area contributed by atoms with Gasteiger partial charge in [0.2, 0.25) is 0 Å². The van der Waals surface area contributed by atoms with Gasteiger partial charge in [0.15, 0.2) is 5.82 Å². The molecular weight excluding hydrogens is 517 g/mol. The molecule has 3 aromatic rings. The number of halogens is 7. The number of rotatable bonds is 8. The predicted molar refractivity (Wildman–Crippen MR) is 124 cm³/mol. The Kier molecular flexibility index (Phi) is 8.12. The van der Waals surface area contributed by atoms with E-state index in [0.29, 0.717) is 43.9 Å². The summed E-state index contributed by atoms with van der Waals surface area (Å²) >= 11 is 0. The molecule has 206 valence electrons. The topological polar surface area (TPSA) is 54.0 Å². The third kappa shape index (κ3) is 6.35. The first-order valence-corrected chi connectivity index (χ1v) is 12.2. The fourth-order valence-corrected chi connectivity index (χ4v) is 5.14. The first-order chi connectivity index (χ1) is 17.9. The van der Waals surface area contributed by atoms with E-state index in [0.717, 1.165) is 5.56 Å². The van der Waals surface area contributed by atoms with Crippen molar-refractivity contribution >= 4 is 0 Å². The maximum Gasteiger partial charge on any atom is 0.416 e. The standard InChI is InChI=1S/C26H27F7N4O/c1-3-37(13-23-34-14-35-36-23)21-8-9-22(24(21)16-4-6-20(27)7-5-16)38-15(2)17-10-18(25(28,29)30)12-19(11-17)26(31,32)33/h4-7,10-12,14-15,21-22,24H,3,8-9,13H2,1-2H3,(H,34,35,36)/t15-,21?,22?,24?/m1/s1. The Bertz CT molecular complexity index is 1160. The minimum atomic E-state index is -4.95. The molecule has 3 unspecified atom stereocenters. The van der Waals surface area contributed by atoms with E-state index in [-0.39, 0.29) is 23.6 Å². The van der Waals surface area contributed by atoms with Gasteiger partial charge in [0, 0.05) is 12.0 Å². The molecule has 4 rings (SSSR count). The highest BCUT2D eigenvalue weighted by Crippen LogP contribution is 2.43. The van der Waals surface area contributed by atoms with Gasteiger partial charge in [-0.25, -0.2) is 9.37 Å². The van der Waals surface area contributed by atoms with Crippen LogP contribution in [0.15, 0.2) is 48.8 Å². The summed E-state index contributed by atoms with van der Waals surface area (Å²) in [6.07, 6.45) is -8.88. The second-order valence-electron chi connectivity index (χ2n) is 9.36. The fourth-order valence-electron chi connectivity index (χ4n) is 5.14. The van der Waals surface area contributed by atoms with E-state index in [1.165, 1.54) is 25.4 Å². The van der Waals surface area contributed by atoms with Gasteiger partial charge in [-0.2, -0.15) is 31.4 Å². The maximum absolute atomic E-state index is 13.7. The molecule has 2 aromatic carbocycles. The molecule has 0 bridgehead atoms. The monoisotopic (exact) mass is 544 g/mol. The van der Waals surface area contributed by atoms with Crippen LogP contribution in [0.4, 0.5) is 30.7 Å². The average Bonchev–Trinajstić information content (AvgIpc) is 3.52. The van der Waals surface area contributed by atoms with E-state index < -0.39 is 41.5 Å². The Balaban J connectivity index is 1.65. The van der Waals surface area contributed by atoms with Crippen LogP contribution in [0, 0.1) is 5.82 Å². The SMILES string of the molecule is CCN(Cc1nc[nH]n1)C1CCC(O[C@H](C)c2cc(C(F)(F)F)cc(C(F)(F)F)c2)C1c1ccc(F)cc1. The van der Waals surface area contributed by atoms with Crippen LogP contribution in [-0.4, -0.2) is 38.8 Å². The van der Waals surface area contributed by atoms with Crippen molar-refractivity contribution in [3.63, 3.8) is 0 Å². The molecule has 1 N–H and O–H groups in total. The highest BCUT2D eigenvalue weighted by atomic mass is 19.4. The summed E-state index contributed by atoms with van der Waals surface area (Å²) in [5.74, 6) is -0.165. The van der Waals surface area contributed by atoms with Crippen LogP contribution in [0.3, 0.4) is 0 Å². The molecule has 0 spiro atoms. The second kappa shape index (κ2) is 11.0. The normalized spacial score (nSPS) is 21.3. The van der Waals surface area contributed by atoms with Gasteiger partial charge in [-0.15, -0.1) is 0 Å². The molecule has 0 aliphatic heterocycles. The Hall–Kier alpha value is -2.99. The van der Waals surface area contributed by atoms with Crippen molar-refractivity contribution in [2.45, 2.75) is 69.8 Å². The van der Waals surface area contributed by atoms with Crippen LogP contribution in [0.2, 0.25) is 0 Å². The molecule has 1 heterocycles. The van der Waals surface area contributed by atoms with Crippen LogP contribution in [-0.2, 0) is 23.6 Å². The van der Waals surface area contributed by atoms with E-state index in [1.54, 1.807) is 12.1 Å². The lowest BCUT2D eigenvalue weighted by Gasteiger charge is -2.34. The Morgan fingerprint density at radius 1 is 1.00 bits per heavy atom. The summed E-state index contributed by atoms with van der Waals surface area (Å²) in [5, 5.41) is 6.77. The van der Waals surface area contributed by atoms with Crippen molar-refractivity contribution in [2.75, 3.05) is 6.54 Å². The average molecular weight is 545 g/mol. The van der Waals surface area contributed by atoms with Gasteiger partial charge in [-0.3, -0.25) is 10.00 Å². The zero-order valence-corrected chi connectivity index (χ0v) is 20.7. The Labute approximate surface area is 215 Å². The summed E-state index contributed by atoms with van der Waals surface area (Å²) < 4.78 is 100. The molecule has 0 radical (unpaired) electrons. The molecule has 1 aliphatic carbocycles. The van der Waals surface area contributed by atoms with Crippen molar-refractivity contribution in [1.29, 1.82) is 0 Å². The quantitative estimate of drug-likeness (QED) is 0.314. The first kappa shape index (κ1) is 28.0. The molecule has 1 aliphatic rings. The number of nitrogens with one attached hydrogen (secondary N) is 1. The summed E-state index contributed by atoms with van der Waals surface area (Å²) in [5.41, 5.74) is -2.23. The Morgan fingerprint density at radius 2 is 1.63 bits per heavy atom. The van der Waals surface area contributed by atoms with E-state index in [2.05, 4.69) is 20.1 Å². The lowest BCUT2D eigenvalue weighted by Crippen LogP contribution is -2.39. The number of aromatic nitrogens is 3. The second-order valence-corrected chi connectivity index (χ2v) is 9.36. The van der Waals surface area contributed by atoms with E-state index in [4.69, 9.17) is 4.74 Å². The van der Waals surface area contributed by atoms with Crippen molar-refractivity contribution in [3.05, 3.63) is 82.7 Å². The summed E-state index contributed by atoms with van der Waals surface area (Å²) in [6, 6.07) is 7.29. The molecule has 1 aromatic heterocycles. The third-order valence-electron chi connectivity index (χ3n) is 6.96. The lowest BCUT2D eigenvalue weighted by atomic mass is 9.91. The third-order valence-corrected chi connectivity index (χ3v) is 6.96. The first-order valence-electron chi connectivity index (χ1n) is 12.2. The number of H-pyrrole nitrogens is 1. The van der Waals surface area contributed by atoms with E-state index in [9.17, 15) is 30.7 Å². The predicted octanol–water partition coefficient (Wildman–Crippen LogP) is 6.90. The van der Waals surface area contributed by atoms with Gasteiger partial charge < -0.3 is 4.74 Å². The van der Waals surface area contributed by atoms with E-state index >= 15 is 0 Å². The number of nitrogens with zero attached hydrogens (tertiary/aromatic N) is 3. The van der Waals surface area contributed by atoms with Crippen molar-refractivity contribution in [3.8, 4) is 0 Å². The summed E-state index contributed by atoms with van der Waals surface area (Å²) in [7, 11) is 0. The van der Waals surface area contributed by atoms with Crippen LogP contribution >= 0.6 is 0 Å². The number of hydrogen-bond donors (Lipinski definition) is 1. The molecule has 5 nitrogen and oxygen atoms in total. The molecule has 0 saturated heterocycles. The van der Waals surface area contributed by atoms with Gasteiger partial charge >= 0.3 is 12.4 Å². The molecule has 12 heteroatoms. The van der Waals surface area contributed by atoms with Gasteiger partial charge in [0.05, 0.1) is 29.9 Å². The molecule has 1 saturated carbocycles. The molecule has 0 amide bonds. The summed E-state index contributed by atoms with van der Waals surface area (Å²) in [4.78, 5) is 6.31.